The van der Waals surface area contributed by atoms with Crippen molar-refractivity contribution in [2.75, 3.05) is 18.0 Å². The molecule has 100 valence electrons. The largest absolute Gasteiger partial charge is 0.368 e. The van der Waals surface area contributed by atoms with E-state index in [-0.39, 0.29) is 6.03 Å². The highest BCUT2D eigenvalue weighted by Gasteiger charge is 2.37. The number of anilines is 1. The lowest BCUT2D eigenvalue weighted by Gasteiger charge is -2.37. The summed E-state index contributed by atoms with van der Waals surface area (Å²) in [6.45, 7) is 4.75. The third-order valence-electron chi connectivity index (χ3n) is 3.10. The van der Waals surface area contributed by atoms with Crippen LogP contribution in [0.2, 0.25) is 0 Å². The molecule has 0 aromatic carbocycles. The van der Waals surface area contributed by atoms with Gasteiger partial charge in [-0.15, -0.1) is 0 Å². The van der Waals surface area contributed by atoms with Gasteiger partial charge in [-0.1, -0.05) is 13.3 Å². The SMILES string of the molecule is CCCCN1C(=O)N(CC)c2[nH]c(=O)[nH]c2C1O. The van der Waals surface area contributed by atoms with Gasteiger partial charge in [0.1, 0.15) is 11.5 Å². The first-order valence-corrected chi connectivity index (χ1v) is 6.18. The second-order valence-electron chi connectivity index (χ2n) is 4.29. The van der Waals surface area contributed by atoms with E-state index < -0.39 is 11.9 Å². The van der Waals surface area contributed by atoms with Crippen molar-refractivity contribution in [3.05, 3.63) is 16.2 Å². The molecule has 0 saturated heterocycles. The number of amides is 2. The van der Waals surface area contributed by atoms with Crippen LogP contribution in [0.1, 0.15) is 38.6 Å². The molecule has 3 N–H and O–H groups in total. The number of imidazole rings is 1. The molecule has 1 atom stereocenters. The Balaban J connectivity index is 2.38. The number of nitrogens with one attached hydrogen (secondary N) is 2. The lowest BCUT2D eigenvalue weighted by molar-refractivity contribution is 0.0236. The van der Waals surface area contributed by atoms with Gasteiger partial charge >= 0.3 is 11.7 Å². The van der Waals surface area contributed by atoms with E-state index in [1.807, 2.05) is 13.8 Å². The average molecular weight is 254 g/mol. The number of nitrogens with zero attached hydrogens (tertiary/aromatic N) is 2. The van der Waals surface area contributed by atoms with Crippen LogP contribution in [0.15, 0.2) is 4.79 Å². The molecule has 0 bridgehead atoms. The van der Waals surface area contributed by atoms with E-state index in [2.05, 4.69) is 9.97 Å². The third kappa shape index (κ3) is 1.90. The van der Waals surface area contributed by atoms with Gasteiger partial charge in [-0.2, -0.15) is 0 Å². The van der Waals surface area contributed by atoms with Gasteiger partial charge in [-0.25, -0.2) is 9.59 Å². The lowest BCUT2D eigenvalue weighted by atomic mass is 10.2. The Hall–Kier alpha value is -1.76. The maximum absolute atomic E-state index is 12.2. The molecule has 1 unspecified atom stereocenters. The Kier molecular flexibility index (Phi) is 3.42. The number of fused-ring (bicyclic) bond motifs is 1. The van der Waals surface area contributed by atoms with E-state index in [4.69, 9.17) is 0 Å². The van der Waals surface area contributed by atoms with Crippen molar-refractivity contribution >= 4 is 11.8 Å². The van der Waals surface area contributed by atoms with E-state index in [9.17, 15) is 14.7 Å². The van der Waals surface area contributed by atoms with E-state index in [1.54, 1.807) is 0 Å². The average Bonchev–Trinajstić information content (AvgIpc) is 2.72. The number of aliphatic hydroxyl groups excluding tert-OH is 1. The van der Waals surface area contributed by atoms with Gasteiger partial charge < -0.3 is 10.1 Å². The first-order chi connectivity index (χ1) is 8.60. The monoisotopic (exact) mass is 254 g/mol. The Morgan fingerprint density at radius 2 is 2.00 bits per heavy atom. The molecular formula is C11H18N4O3. The third-order valence-corrected chi connectivity index (χ3v) is 3.10. The summed E-state index contributed by atoms with van der Waals surface area (Å²) >= 11 is 0. The van der Waals surface area contributed by atoms with Crippen LogP contribution in [0.3, 0.4) is 0 Å². The molecule has 2 amide bonds. The minimum Gasteiger partial charge on any atom is -0.368 e. The van der Waals surface area contributed by atoms with Crippen LogP contribution >= 0.6 is 0 Å². The quantitative estimate of drug-likeness (QED) is 0.740. The van der Waals surface area contributed by atoms with Crippen molar-refractivity contribution in [1.82, 2.24) is 14.9 Å². The molecule has 0 radical (unpaired) electrons. The van der Waals surface area contributed by atoms with Crippen molar-refractivity contribution in [2.45, 2.75) is 32.9 Å². The molecule has 1 aromatic heterocycles. The molecule has 1 aliphatic rings. The Morgan fingerprint density at radius 1 is 1.28 bits per heavy atom. The van der Waals surface area contributed by atoms with Crippen LogP contribution in [0.25, 0.3) is 0 Å². The fourth-order valence-electron chi connectivity index (χ4n) is 2.14. The second kappa shape index (κ2) is 4.85. The summed E-state index contributed by atoms with van der Waals surface area (Å²) in [6, 6.07) is -0.277. The summed E-state index contributed by atoms with van der Waals surface area (Å²) in [5.41, 5.74) is -0.0554. The molecule has 2 heterocycles. The van der Waals surface area contributed by atoms with Crippen LogP contribution in [0.4, 0.5) is 10.6 Å². The van der Waals surface area contributed by atoms with Crippen LogP contribution in [0, 0.1) is 0 Å². The summed E-state index contributed by atoms with van der Waals surface area (Å²) in [4.78, 5) is 31.4. The van der Waals surface area contributed by atoms with Gasteiger partial charge in [-0.3, -0.25) is 14.8 Å². The zero-order valence-electron chi connectivity index (χ0n) is 10.6. The predicted molar refractivity (Wildman–Crippen MR) is 66.4 cm³/mol. The highest BCUT2D eigenvalue weighted by atomic mass is 16.3. The van der Waals surface area contributed by atoms with Gasteiger partial charge in [-0.05, 0) is 13.3 Å². The standard InChI is InChI=1S/C11H18N4O3/c1-3-5-6-15-9(16)7-8(13-10(17)12-7)14(4-2)11(15)18/h9,16H,3-6H2,1-2H3,(H2,12,13,17). The van der Waals surface area contributed by atoms with Crippen molar-refractivity contribution < 1.29 is 9.90 Å². The normalized spacial score (nSPS) is 19.3. The first-order valence-electron chi connectivity index (χ1n) is 6.18. The molecule has 7 heteroatoms. The Bertz CT molecular complexity index is 493. The Labute approximate surface area is 104 Å². The van der Waals surface area contributed by atoms with E-state index in [0.717, 1.165) is 12.8 Å². The molecule has 0 spiro atoms. The predicted octanol–water partition coefficient (Wildman–Crippen LogP) is 0.756. The van der Waals surface area contributed by atoms with Gasteiger partial charge in [0.25, 0.3) is 0 Å². The van der Waals surface area contributed by atoms with E-state index in [1.165, 1.54) is 9.80 Å². The van der Waals surface area contributed by atoms with Crippen LogP contribution in [0.5, 0.6) is 0 Å². The molecule has 0 saturated carbocycles. The molecular weight excluding hydrogens is 236 g/mol. The number of H-pyrrole nitrogens is 2. The summed E-state index contributed by atoms with van der Waals surface area (Å²) in [5, 5.41) is 10.1. The second-order valence-corrected chi connectivity index (χ2v) is 4.29. The van der Waals surface area contributed by atoms with Crippen molar-refractivity contribution in [2.24, 2.45) is 0 Å². The smallest absolute Gasteiger partial charge is 0.328 e. The zero-order valence-corrected chi connectivity index (χ0v) is 10.6. The van der Waals surface area contributed by atoms with Crippen LogP contribution < -0.4 is 10.6 Å². The molecule has 2 rings (SSSR count). The zero-order chi connectivity index (χ0) is 13.3. The van der Waals surface area contributed by atoms with Gasteiger partial charge in [0.05, 0.1) is 0 Å². The number of aromatic nitrogens is 2. The molecule has 0 aliphatic carbocycles. The van der Waals surface area contributed by atoms with Crippen LogP contribution in [-0.2, 0) is 0 Å². The summed E-state index contributed by atoms with van der Waals surface area (Å²) < 4.78 is 0. The highest BCUT2D eigenvalue weighted by Crippen LogP contribution is 2.31. The summed E-state index contributed by atoms with van der Waals surface area (Å²) in [5.74, 6) is 0.368. The number of hydrogen-bond donors (Lipinski definition) is 3. The van der Waals surface area contributed by atoms with Crippen molar-refractivity contribution in [3.8, 4) is 0 Å². The molecule has 0 fully saturated rings. The number of carbonyl (C=O) groups is 1. The molecule has 18 heavy (non-hydrogen) atoms. The number of rotatable bonds is 4. The maximum Gasteiger partial charge on any atom is 0.328 e. The number of carbonyl (C=O) groups excluding carboxylic acids is 1. The molecule has 1 aromatic rings. The highest BCUT2D eigenvalue weighted by molar-refractivity contribution is 5.93. The summed E-state index contributed by atoms with van der Waals surface area (Å²) in [7, 11) is 0. The molecule has 7 nitrogen and oxygen atoms in total. The van der Waals surface area contributed by atoms with E-state index >= 15 is 0 Å². The lowest BCUT2D eigenvalue weighted by Crippen LogP contribution is -2.49. The van der Waals surface area contributed by atoms with Crippen molar-refractivity contribution in [1.29, 1.82) is 0 Å². The maximum atomic E-state index is 12.2. The van der Waals surface area contributed by atoms with Crippen LogP contribution in [-0.4, -0.2) is 39.1 Å². The van der Waals surface area contributed by atoms with E-state index in [0.29, 0.717) is 24.6 Å². The van der Waals surface area contributed by atoms with Gasteiger partial charge in [0.2, 0.25) is 0 Å². The number of unbranched alkanes of at least 4 members (excludes halogenated alkanes) is 1. The summed E-state index contributed by atoms with van der Waals surface area (Å²) in [6.07, 6.45) is 0.657. The van der Waals surface area contributed by atoms with Gasteiger partial charge in [0, 0.05) is 13.1 Å². The minimum absolute atomic E-state index is 0.277. The topological polar surface area (TPSA) is 92.4 Å². The fraction of sp³-hybridized carbons (Fsp3) is 0.636. The van der Waals surface area contributed by atoms with Gasteiger partial charge in [0.15, 0.2) is 6.23 Å². The first kappa shape index (κ1) is 12.7. The molecule has 1 aliphatic heterocycles. The number of aromatic amines is 2. The number of aliphatic hydroxyl groups is 1. The van der Waals surface area contributed by atoms with Crippen molar-refractivity contribution in [3.63, 3.8) is 0 Å². The number of hydrogen-bond acceptors (Lipinski definition) is 3. The minimum atomic E-state index is -1.08. The Morgan fingerprint density at radius 3 is 2.61 bits per heavy atom. The fourth-order valence-corrected chi connectivity index (χ4v) is 2.14. The number of urea groups is 1.